The molecule has 0 unspecified atom stereocenters. The van der Waals surface area contributed by atoms with Crippen molar-refractivity contribution in [1.82, 2.24) is 10.1 Å². The van der Waals surface area contributed by atoms with Gasteiger partial charge in [0, 0.05) is 6.42 Å². The van der Waals surface area contributed by atoms with Gasteiger partial charge in [0.2, 0.25) is 0 Å². The summed E-state index contributed by atoms with van der Waals surface area (Å²) in [5.41, 5.74) is 0.679. The Hall–Kier alpha value is -2.83. The first kappa shape index (κ1) is 16.0. The maximum absolute atomic E-state index is 13.8. The number of hydrogen-bond acceptors (Lipinski definition) is 4. The normalized spacial score (nSPS) is 10.8. The van der Waals surface area contributed by atoms with Crippen LogP contribution in [0.2, 0.25) is 0 Å². The molecule has 2 aromatic carbocycles. The summed E-state index contributed by atoms with van der Waals surface area (Å²) >= 11 is 0. The smallest absolute Gasteiger partial charge is 0.264 e. The monoisotopic (exact) mass is 334 g/mol. The van der Waals surface area contributed by atoms with E-state index in [2.05, 4.69) is 10.1 Å². The van der Waals surface area contributed by atoms with E-state index in [1.807, 2.05) is 0 Å². The molecule has 4 nitrogen and oxygen atoms in total. The molecule has 0 aliphatic carbocycles. The van der Waals surface area contributed by atoms with Crippen LogP contribution in [0.25, 0.3) is 0 Å². The zero-order chi connectivity index (χ0) is 17.1. The van der Waals surface area contributed by atoms with Crippen LogP contribution in [0.4, 0.5) is 13.2 Å². The van der Waals surface area contributed by atoms with Gasteiger partial charge < -0.3 is 9.26 Å². The molecule has 24 heavy (non-hydrogen) atoms. The summed E-state index contributed by atoms with van der Waals surface area (Å²) in [6.07, 6.45) is 0.142. The Morgan fingerprint density at radius 1 is 1.04 bits per heavy atom. The predicted octanol–water partition coefficient (Wildman–Crippen LogP) is 3.97. The van der Waals surface area contributed by atoms with Crippen LogP contribution in [0.15, 0.2) is 40.9 Å². The minimum atomic E-state index is -0.816. The standard InChI is InChI=1S/C17H13F3N2O2/c1-10-6-7-13(19)17(16(10)20)23-9-15-21-14(22-24-15)8-11-4-2-3-5-12(11)18/h2-7H,8-9H2,1H3. The number of rotatable bonds is 5. The van der Waals surface area contributed by atoms with Crippen LogP contribution in [0.3, 0.4) is 0 Å². The van der Waals surface area contributed by atoms with E-state index in [1.54, 1.807) is 18.2 Å². The lowest BCUT2D eigenvalue weighted by atomic mass is 10.1. The van der Waals surface area contributed by atoms with Gasteiger partial charge in [-0.25, -0.2) is 13.2 Å². The maximum Gasteiger partial charge on any atom is 0.264 e. The van der Waals surface area contributed by atoms with Crippen molar-refractivity contribution in [3.05, 3.63) is 76.7 Å². The lowest BCUT2D eigenvalue weighted by molar-refractivity contribution is 0.224. The van der Waals surface area contributed by atoms with Crippen LogP contribution in [0.5, 0.6) is 5.75 Å². The fraction of sp³-hybridized carbons (Fsp3) is 0.176. The van der Waals surface area contributed by atoms with Gasteiger partial charge in [-0.15, -0.1) is 0 Å². The highest BCUT2D eigenvalue weighted by atomic mass is 19.1. The van der Waals surface area contributed by atoms with Crippen LogP contribution >= 0.6 is 0 Å². The second-order valence-corrected chi connectivity index (χ2v) is 5.17. The number of halogens is 3. The number of hydrogen-bond donors (Lipinski definition) is 0. The molecule has 0 fully saturated rings. The van der Waals surface area contributed by atoms with Crippen molar-refractivity contribution in [2.75, 3.05) is 0 Å². The number of aryl methyl sites for hydroxylation is 1. The molecule has 0 bridgehead atoms. The van der Waals surface area contributed by atoms with E-state index in [-0.39, 0.29) is 36.1 Å². The molecule has 0 amide bonds. The summed E-state index contributed by atoms with van der Waals surface area (Å²) in [6, 6.07) is 8.66. The molecule has 124 valence electrons. The third-order valence-electron chi connectivity index (χ3n) is 3.40. The van der Waals surface area contributed by atoms with Crippen LogP contribution in [0.1, 0.15) is 22.8 Å². The van der Waals surface area contributed by atoms with Crippen molar-refractivity contribution in [3.8, 4) is 5.75 Å². The van der Waals surface area contributed by atoms with E-state index < -0.39 is 17.4 Å². The highest BCUT2D eigenvalue weighted by molar-refractivity contribution is 5.32. The number of benzene rings is 2. The lowest BCUT2D eigenvalue weighted by Gasteiger charge is -2.07. The van der Waals surface area contributed by atoms with Gasteiger partial charge >= 0.3 is 0 Å². The molecule has 3 aromatic rings. The molecular weight excluding hydrogens is 321 g/mol. The first-order chi connectivity index (χ1) is 11.5. The topological polar surface area (TPSA) is 48.2 Å². The molecule has 1 heterocycles. The Morgan fingerprint density at radius 2 is 1.83 bits per heavy atom. The molecule has 7 heteroatoms. The van der Waals surface area contributed by atoms with Crippen LogP contribution in [-0.2, 0) is 13.0 Å². The number of aromatic nitrogens is 2. The van der Waals surface area contributed by atoms with E-state index >= 15 is 0 Å². The molecule has 0 atom stereocenters. The summed E-state index contributed by atoms with van der Waals surface area (Å²) in [4.78, 5) is 4.03. The maximum atomic E-state index is 13.8. The van der Waals surface area contributed by atoms with E-state index in [1.165, 1.54) is 19.1 Å². The summed E-state index contributed by atoms with van der Waals surface area (Å²) in [7, 11) is 0. The summed E-state index contributed by atoms with van der Waals surface area (Å²) in [6.45, 7) is 1.21. The third kappa shape index (κ3) is 3.40. The zero-order valence-corrected chi connectivity index (χ0v) is 12.7. The Kier molecular flexibility index (Phi) is 4.50. The van der Waals surface area contributed by atoms with Gasteiger partial charge in [-0.3, -0.25) is 0 Å². The predicted molar refractivity (Wildman–Crippen MR) is 78.9 cm³/mol. The van der Waals surface area contributed by atoms with Gasteiger partial charge in [0.15, 0.2) is 29.8 Å². The molecule has 0 saturated heterocycles. The van der Waals surface area contributed by atoms with Crippen molar-refractivity contribution in [3.63, 3.8) is 0 Å². The average molecular weight is 334 g/mol. The van der Waals surface area contributed by atoms with Gasteiger partial charge in [0.1, 0.15) is 5.82 Å². The minimum absolute atomic E-state index is 0.0432. The fourth-order valence-corrected chi connectivity index (χ4v) is 2.13. The molecule has 0 aliphatic heterocycles. The molecule has 0 radical (unpaired) electrons. The Balaban J connectivity index is 1.69. The SMILES string of the molecule is Cc1ccc(F)c(OCc2nc(Cc3ccccc3F)no2)c1F. The zero-order valence-electron chi connectivity index (χ0n) is 12.7. The van der Waals surface area contributed by atoms with Gasteiger partial charge in [-0.05, 0) is 30.2 Å². The van der Waals surface area contributed by atoms with E-state index in [0.717, 1.165) is 6.07 Å². The van der Waals surface area contributed by atoms with Crippen molar-refractivity contribution < 1.29 is 22.4 Å². The van der Waals surface area contributed by atoms with Crippen LogP contribution in [0, 0.1) is 24.4 Å². The van der Waals surface area contributed by atoms with Crippen molar-refractivity contribution in [2.24, 2.45) is 0 Å². The second kappa shape index (κ2) is 6.74. The Labute approximate surface area is 135 Å². The molecule has 1 aromatic heterocycles. The summed E-state index contributed by atoms with van der Waals surface area (Å²) in [5, 5.41) is 3.71. The van der Waals surface area contributed by atoms with Crippen molar-refractivity contribution in [2.45, 2.75) is 20.0 Å². The molecule has 0 N–H and O–H groups in total. The average Bonchev–Trinajstić information content (AvgIpc) is 3.01. The number of ether oxygens (including phenoxy) is 1. The van der Waals surface area contributed by atoms with E-state index in [4.69, 9.17) is 9.26 Å². The Morgan fingerprint density at radius 3 is 2.62 bits per heavy atom. The molecular formula is C17H13F3N2O2. The van der Waals surface area contributed by atoms with Gasteiger partial charge in [0.25, 0.3) is 5.89 Å². The molecule has 0 aliphatic rings. The highest BCUT2D eigenvalue weighted by Crippen LogP contribution is 2.25. The van der Waals surface area contributed by atoms with E-state index in [9.17, 15) is 13.2 Å². The fourth-order valence-electron chi connectivity index (χ4n) is 2.13. The molecule has 3 rings (SSSR count). The minimum Gasteiger partial charge on any atom is -0.478 e. The van der Waals surface area contributed by atoms with Gasteiger partial charge in [0.05, 0.1) is 0 Å². The summed E-state index contributed by atoms with van der Waals surface area (Å²) < 4.78 is 51.1. The molecule has 0 saturated carbocycles. The van der Waals surface area contributed by atoms with Crippen LogP contribution < -0.4 is 4.74 Å². The Bertz CT molecular complexity index is 865. The first-order valence-electron chi connectivity index (χ1n) is 7.17. The van der Waals surface area contributed by atoms with E-state index in [0.29, 0.717) is 5.56 Å². The summed E-state index contributed by atoms with van der Waals surface area (Å²) in [5.74, 6) is -2.16. The third-order valence-corrected chi connectivity index (χ3v) is 3.40. The quantitative estimate of drug-likeness (QED) is 0.708. The van der Waals surface area contributed by atoms with Crippen molar-refractivity contribution in [1.29, 1.82) is 0 Å². The van der Waals surface area contributed by atoms with Crippen LogP contribution in [-0.4, -0.2) is 10.1 Å². The number of nitrogens with zero attached hydrogens (tertiary/aromatic N) is 2. The largest absolute Gasteiger partial charge is 0.478 e. The van der Waals surface area contributed by atoms with Gasteiger partial charge in [-0.1, -0.05) is 29.4 Å². The lowest BCUT2D eigenvalue weighted by Crippen LogP contribution is -2.02. The van der Waals surface area contributed by atoms with Gasteiger partial charge in [-0.2, -0.15) is 4.98 Å². The second-order valence-electron chi connectivity index (χ2n) is 5.17. The first-order valence-corrected chi connectivity index (χ1v) is 7.17. The van der Waals surface area contributed by atoms with Crippen molar-refractivity contribution >= 4 is 0 Å². The molecule has 0 spiro atoms. The highest BCUT2D eigenvalue weighted by Gasteiger charge is 2.15.